The molecular formula is C11H13BrO2. The number of hydrogen-bond donors (Lipinski definition) is 0. The van der Waals surface area contributed by atoms with Crippen LogP contribution in [-0.4, -0.2) is 19.0 Å². The summed E-state index contributed by atoms with van der Waals surface area (Å²) < 4.78 is 5.94. The summed E-state index contributed by atoms with van der Waals surface area (Å²) in [6.07, 6.45) is 0. The van der Waals surface area contributed by atoms with Crippen LogP contribution < -0.4 is 0 Å². The summed E-state index contributed by atoms with van der Waals surface area (Å²) in [7, 11) is 0. The molecule has 0 spiro atoms. The van der Waals surface area contributed by atoms with E-state index < -0.39 is 0 Å². The second-order valence-corrected chi connectivity index (χ2v) is 3.79. The van der Waals surface area contributed by atoms with E-state index >= 15 is 0 Å². The summed E-state index contributed by atoms with van der Waals surface area (Å²) in [4.78, 5) is 11.6. The van der Waals surface area contributed by atoms with E-state index in [4.69, 9.17) is 4.74 Å². The number of ketones is 1. The van der Waals surface area contributed by atoms with Gasteiger partial charge >= 0.3 is 0 Å². The standard InChI is InChI=1S/C11H13BrO2/c1-3-14-7-10(13)9-6-4-5-8(2)11(9)12/h4-6H,3,7H2,1-2H3. The summed E-state index contributed by atoms with van der Waals surface area (Å²) in [6.45, 7) is 4.55. The van der Waals surface area contributed by atoms with Gasteiger partial charge in [0, 0.05) is 16.6 Å². The van der Waals surface area contributed by atoms with E-state index in [2.05, 4.69) is 15.9 Å². The van der Waals surface area contributed by atoms with E-state index in [1.165, 1.54) is 0 Å². The third-order valence-corrected chi connectivity index (χ3v) is 2.98. The van der Waals surface area contributed by atoms with Gasteiger partial charge in [0.15, 0.2) is 5.78 Å². The third-order valence-electron chi connectivity index (χ3n) is 1.93. The van der Waals surface area contributed by atoms with E-state index in [1.807, 2.05) is 26.0 Å². The number of halogens is 1. The Kier molecular flexibility index (Phi) is 4.29. The number of benzene rings is 1. The minimum Gasteiger partial charge on any atom is -0.374 e. The average Bonchev–Trinajstić information content (AvgIpc) is 2.18. The molecule has 0 radical (unpaired) electrons. The van der Waals surface area contributed by atoms with E-state index in [-0.39, 0.29) is 12.4 Å². The Morgan fingerprint density at radius 3 is 2.86 bits per heavy atom. The molecule has 0 bridgehead atoms. The van der Waals surface area contributed by atoms with Crippen molar-refractivity contribution in [2.45, 2.75) is 13.8 Å². The lowest BCUT2D eigenvalue weighted by Crippen LogP contribution is -2.09. The topological polar surface area (TPSA) is 26.3 Å². The monoisotopic (exact) mass is 256 g/mol. The molecule has 0 aromatic heterocycles. The minimum atomic E-state index is 0.0161. The van der Waals surface area contributed by atoms with E-state index in [1.54, 1.807) is 6.07 Å². The Hall–Kier alpha value is -0.670. The van der Waals surface area contributed by atoms with Crippen LogP contribution in [0.25, 0.3) is 0 Å². The van der Waals surface area contributed by atoms with Gasteiger partial charge in [-0.15, -0.1) is 0 Å². The van der Waals surface area contributed by atoms with Crippen molar-refractivity contribution in [2.24, 2.45) is 0 Å². The first-order valence-electron chi connectivity index (χ1n) is 4.53. The fraction of sp³-hybridized carbons (Fsp3) is 0.364. The number of rotatable bonds is 4. The summed E-state index contributed by atoms with van der Waals surface area (Å²) in [5.41, 5.74) is 1.76. The Morgan fingerprint density at radius 2 is 2.21 bits per heavy atom. The summed E-state index contributed by atoms with van der Waals surface area (Å²) in [6, 6.07) is 5.64. The zero-order chi connectivity index (χ0) is 10.6. The number of ether oxygens (including phenoxy) is 1. The molecule has 0 aliphatic heterocycles. The summed E-state index contributed by atoms with van der Waals surface area (Å²) >= 11 is 3.40. The molecule has 0 aliphatic carbocycles. The van der Waals surface area contributed by atoms with Gasteiger partial charge in [0.05, 0.1) is 0 Å². The Labute approximate surface area is 92.4 Å². The highest BCUT2D eigenvalue weighted by Crippen LogP contribution is 2.21. The number of hydrogen-bond acceptors (Lipinski definition) is 2. The van der Waals surface area contributed by atoms with Crippen molar-refractivity contribution in [1.82, 2.24) is 0 Å². The minimum absolute atomic E-state index is 0.0161. The van der Waals surface area contributed by atoms with E-state index in [9.17, 15) is 4.79 Å². The maximum absolute atomic E-state index is 11.6. The lowest BCUT2D eigenvalue weighted by Gasteiger charge is -2.05. The fourth-order valence-electron chi connectivity index (χ4n) is 1.14. The van der Waals surface area contributed by atoms with E-state index in [0.717, 1.165) is 10.0 Å². The fourth-order valence-corrected chi connectivity index (χ4v) is 1.62. The van der Waals surface area contributed by atoms with Crippen LogP contribution in [0.2, 0.25) is 0 Å². The molecule has 1 aromatic rings. The molecule has 0 heterocycles. The molecular weight excluding hydrogens is 244 g/mol. The molecule has 0 N–H and O–H groups in total. The first-order valence-corrected chi connectivity index (χ1v) is 5.32. The van der Waals surface area contributed by atoms with Gasteiger partial charge in [-0.25, -0.2) is 0 Å². The largest absolute Gasteiger partial charge is 0.374 e. The highest BCUT2D eigenvalue weighted by atomic mass is 79.9. The summed E-state index contributed by atoms with van der Waals surface area (Å²) in [5.74, 6) is 0.0161. The molecule has 0 amide bonds. The van der Waals surface area contributed by atoms with Crippen LogP contribution >= 0.6 is 15.9 Å². The van der Waals surface area contributed by atoms with Crippen LogP contribution in [-0.2, 0) is 4.74 Å². The Balaban J connectivity index is 2.84. The van der Waals surface area contributed by atoms with Gasteiger partial charge in [0.2, 0.25) is 0 Å². The predicted molar refractivity (Wildman–Crippen MR) is 59.7 cm³/mol. The first-order chi connectivity index (χ1) is 6.66. The lowest BCUT2D eigenvalue weighted by atomic mass is 10.1. The van der Waals surface area contributed by atoms with Gasteiger partial charge in [-0.3, -0.25) is 4.79 Å². The van der Waals surface area contributed by atoms with Crippen molar-refractivity contribution in [2.75, 3.05) is 13.2 Å². The molecule has 1 aromatic carbocycles. The van der Waals surface area contributed by atoms with Crippen LogP contribution in [0, 0.1) is 6.92 Å². The van der Waals surface area contributed by atoms with Crippen LogP contribution in [0.15, 0.2) is 22.7 Å². The number of carbonyl (C=O) groups excluding carboxylic acids is 1. The summed E-state index contributed by atoms with van der Waals surface area (Å²) in [5, 5.41) is 0. The Bertz CT molecular complexity index is 334. The van der Waals surface area contributed by atoms with Gasteiger partial charge in [-0.1, -0.05) is 18.2 Å². The van der Waals surface area contributed by atoms with Gasteiger partial charge in [-0.2, -0.15) is 0 Å². The molecule has 1 rings (SSSR count). The highest BCUT2D eigenvalue weighted by Gasteiger charge is 2.10. The number of carbonyl (C=O) groups is 1. The first kappa shape index (κ1) is 11.4. The van der Waals surface area contributed by atoms with Crippen LogP contribution in [0.1, 0.15) is 22.8 Å². The molecule has 76 valence electrons. The van der Waals surface area contributed by atoms with Crippen molar-refractivity contribution in [3.05, 3.63) is 33.8 Å². The molecule has 0 aliphatic rings. The SMILES string of the molecule is CCOCC(=O)c1cccc(C)c1Br. The molecule has 2 nitrogen and oxygen atoms in total. The zero-order valence-corrected chi connectivity index (χ0v) is 9.93. The second-order valence-electron chi connectivity index (χ2n) is 3.00. The number of Topliss-reactive ketones (excluding diaryl/α,β-unsaturated/α-hetero) is 1. The van der Waals surface area contributed by atoms with Crippen molar-refractivity contribution in [3.63, 3.8) is 0 Å². The van der Waals surface area contributed by atoms with E-state index in [0.29, 0.717) is 12.2 Å². The highest BCUT2D eigenvalue weighted by molar-refractivity contribution is 9.10. The molecule has 3 heteroatoms. The van der Waals surface area contributed by atoms with Crippen molar-refractivity contribution >= 4 is 21.7 Å². The maximum atomic E-state index is 11.6. The predicted octanol–water partition coefficient (Wildman–Crippen LogP) is 2.98. The molecule has 0 unspecified atom stereocenters. The smallest absolute Gasteiger partial charge is 0.189 e. The van der Waals surface area contributed by atoms with Gasteiger partial charge in [0.1, 0.15) is 6.61 Å². The van der Waals surface area contributed by atoms with Crippen molar-refractivity contribution in [1.29, 1.82) is 0 Å². The molecule has 0 atom stereocenters. The molecule has 14 heavy (non-hydrogen) atoms. The van der Waals surface area contributed by atoms with Crippen molar-refractivity contribution in [3.8, 4) is 0 Å². The van der Waals surface area contributed by atoms with Crippen LogP contribution in [0.5, 0.6) is 0 Å². The normalized spacial score (nSPS) is 10.2. The number of aryl methyl sites for hydroxylation is 1. The second kappa shape index (κ2) is 5.27. The average molecular weight is 257 g/mol. The van der Waals surface area contributed by atoms with Gasteiger partial charge < -0.3 is 4.74 Å². The van der Waals surface area contributed by atoms with Gasteiger partial charge in [0.25, 0.3) is 0 Å². The van der Waals surface area contributed by atoms with Crippen LogP contribution in [0.3, 0.4) is 0 Å². The molecule has 0 saturated heterocycles. The van der Waals surface area contributed by atoms with Crippen LogP contribution in [0.4, 0.5) is 0 Å². The lowest BCUT2D eigenvalue weighted by molar-refractivity contribution is 0.0782. The van der Waals surface area contributed by atoms with Crippen molar-refractivity contribution < 1.29 is 9.53 Å². The quantitative estimate of drug-likeness (QED) is 0.775. The molecule has 0 saturated carbocycles. The maximum Gasteiger partial charge on any atom is 0.189 e. The molecule has 0 fully saturated rings. The Morgan fingerprint density at radius 1 is 1.50 bits per heavy atom. The van der Waals surface area contributed by atoms with Gasteiger partial charge in [-0.05, 0) is 35.3 Å². The zero-order valence-electron chi connectivity index (χ0n) is 8.34. The third kappa shape index (κ3) is 2.66.